The SMILES string of the molecule is CC(Nc1ccc2ncccc2c1[N+](=O)[O-])C(C)C(=O)O. The van der Waals surface area contributed by atoms with Gasteiger partial charge in [0.25, 0.3) is 0 Å². The molecule has 110 valence electrons. The number of carbonyl (C=O) groups is 1. The van der Waals surface area contributed by atoms with Crippen LogP contribution in [0.25, 0.3) is 10.9 Å². The summed E-state index contributed by atoms with van der Waals surface area (Å²) in [5.74, 6) is -1.63. The highest BCUT2D eigenvalue weighted by molar-refractivity contribution is 5.94. The first-order chi connectivity index (χ1) is 9.91. The van der Waals surface area contributed by atoms with Crippen molar-refractivity contribution in [2.24, 2.45) is 5.92 Å². The highest BCUT2D eigenvalue weighted by Gasteiger charge is 2.24. The van der Waals surface area contributed by atoms with Crippen molar-refractivity contribution < 1.29 is 14.8 Å². The van der Waals surface area contributed by atoms with Gasteiger partial charge in [-0.05, 0) is 38.1 Å². The highest BCUT2D eigenvalue weighted by Crippen LogP contribution is 2.33. The quantitative estimate of drug-likeness (QED) is 0.647. The van der Waals surface area contributed by atoms with E-state index >= 15 is 0 Å². The predicted molar refractivity (Wildman–Crippen MR) is 78.3 cm³/mol. The normalized spacial score (nSPS) is 13.6. The Balaban J connectivity index is 2.47. The van der Waals surface area contributed by atoms with Crippen LogP contribution in [0.15, 0.2) is 30.5 Å². The van der Waals surface area contributed by atoms with E-state index in [0.29, 0.717) is 16.6 Å². The summed E-state index contributed by atoms with van der Waals surface area (Å²) in [5.41, 5.74) is 0.722. The van der Waals surface area contributed by atoms with Gasteiger partial charge in [0.15, 0.2) is 0 Å². The molecule has 1 heterocycles. The van der Waals surface area contributed by atoms with Gasteiger partial charge < -0.3 is 10.4 Å². The molecule has 0 bridgehead atoms. The largest absolute Gasteiger partial charge is 0.481 e. The molecular formula is C14H15N3O4. The number of hydrogen-bond donors (Lipinski definition) is 2. The second-order valence-corrected chi connectivity index (χ2v) is 4.85. The Morgan fingerprint density at radius 3 is 2.71 bits per heavy atom. The first-order valence-corrected chi connectivity index (χ1v) is 6.43. The molecule has 0 saturated carbocycles. The molecule has 2 unspecified atom stereocenters. The number of nitrogens with one attached hydrogen (secondary N) is 1. The zero-order chi connectivity index (χ0) is 15.6. The molecule has 1 aromatic carbocycles. The van der Waals surface area contributed by atoms with Crippen LogP contribution >= 0.6 is 0 Å². The molecule has 0 radical (unpaired) electrons. The van der Waals surface area contributed by atoms with Crippen LogP contribution < -0.4 is 5.32 Å². The molecule has 0 fully saturated rings. The lowest BCUT2D eigenvalue weighted by Crippen LogP contribution is -2.29. The Hall–Kier alpha value is -2.70. The van der Waals surface area contributed by atoms with E-state index in [-0.39, 0.29) is 5.69 Å². The van der Waals surface area contributed by atoms with Crippen LogP contribution in [0.2, 0.25) is 0 Å². The predicted octanol–water partition coefficient (Wildman–Crippen LogP) is 2.66. The molecule has 7 heteroatoms. The van der Waals surface area contributed by atoms with Crippen molar-refractivity contribution in [1.82, 2.24) is 4.98 Å². The Kier molecular flexibility index (Phi) is 4.02. The second kappa shape index (κ2) is 5.74. The topological polar surface area (TPSA) is 105 Å². The fourth-order valence-electron chi connectivity index (χ4n) is 2.03. The number of anilines is 1. The van der Waals surface area contributed by atoms with E-state index < -0.39 is 22.9 Å². The van der Waals surface area contributed by atoms with Crippen molar-refractivity contribution in [1.29, 1.82) is 0 Å². The molecule has 0 saturated heterocycles. The van der Waals surface area contributed by atoms with Gasteiger partial charge in [-0.1, -0.05) is 0 Å². The van der Waals surface area contributed by atoms with Crippen LogP contribution in [0.4, 0.5) is 11.4 Å². The van der Waals surface area contributed by atoms with Crippen LogP contribution in [0.1, 0.15) is 13.8 Å². The molecule has 0 spiro atoms. The van der Waals surface area contributed by atoms with Crippen molar-refractivity contribution in [3.05, 3.63) is 40.6 Å². The summed E-state index contributed by atoms with van der Waals surface area (Å²) >= 11 is 0. The van der Waals surface area contributed by atoms with E-state index in [1.807, 2.05) is 0 Å². The van der Waals surface area contributed by atoms with Crippen molar-refractivity contribution in [2.45, 2.75) is 19.9 Å². The number of aromatic nitrogens is 1. The molecule has 2 atom stereocenters. The highest BCUT2D eigenvalue weighted by atomic mass is 16.6. The summed E-state index contributed by atoms with van der Waals surface area (Å²) in [7, 11) is 0. The number of fused-ring (bicyclic) bond motifs is 1. The number of carboxylic acid groups (broad SMARTS) is 1. The minimum atomic E-state index is -0.958. The third-order valence-corrected chi connectivity index (χ3v) is 3.46. The van der Waals surface area contributed by atoms with E-state index in [0.717, 1.165) is 0 Å². The zero-order valence-corrected chi connectivity index (χ0v) is 11.6. The zero-order valence-electron chi connectivity index (χ0n) is 11.6. The number of rotatable bonds is 5. The number of nitro benzene ring substituents is 1. The van der Waals surface area contributed by atoms with Crippen LogP contribution in [-0.2, 0) is 4.79 Å². The van der Waals surface area contributed by atoms with Crippen LogP contribution in [-0.4, -0.2) is 27.0 Å². The maximum Gasteiger partial charge on any atom is 0.308 e. The Morgan fingerprint density at radius 1 is 1.38 bits per heavy atom. The van der Waals surface area contributed by atoms with Crippen molar-refractivity contribution in [3.63, 3.8) is 0 Å². The van der Waals surface area contributed by atoms with E-state index in [2.05, 4.69) is 10.3 Å². The second-order valence-electron chi connectivity index (χ2n) is 4.85. The van der Waals surface area contributed by atoms with Gasteiger partial charge in [0.2, 0.25) is 0 Å². The maximum atomic E-state index is 11.3. The van der Waals surface area contributed by atoms with E-state index in [1.54, 1.807) is 44.3 Å². The number of hydrogen-bond acceptors (Lipinski definition) is 5. The lowest BCUT2D eigenvalue weighted by atomic mass is 10.0. The van der Waals surface area contributed by atoms with Crippen LogP contribution in [0.3, 0.4) is 0 Å². The van der Waals surface area contributed by atoms with Crippen molar-refractivity contribution in [3.8, 4) is 0 Å². The van der Waals surface area contributed by atoms with Gasteiger partial charge in [-0.15, -0.1) is 0 Å². The van der Waals surface area contributed by atoms with Crippen LogP contribution in [0.5, 0.6) is 0 Å². The molecular weight excluding hydrogens is 274 g/mol. The minimum Gasteiger partial charge on any atom is -0.481 e. The van der Waals surface area contributed by atoms with Gasteiger partial charge in [0.1, 0.15) is 5.69 Å². The molecule has 2 N–H and O–H groups in total. The van der Waals surface area contributed by atoms with Crippen molar-refractivity contribution in [2.75, 3.05) is 5.32 Å². The average molecular weight is 289 g/mol. The fourth-order valence-corrected chi connectivity index (χ4v) is 2.03. The van der Waals surface area contributed by atoms with Gasteiger partial charge in [0.05, 0.1) is 21.7 Å². The summed E-state index contributed by atoms with van der Waals surface area (Å²) in [6.07, 6.45) is 1.56. The van der Waals surface area contributed by atoms with Gasteiger partial charge in [0, 0.05) is 12.2 Å². The molecule has 7 nitrogen and oxygen atoms in total. The standard InChI is InChI=1S/C14H15N3O4/c1-8(14(18)19)9(2)16-12-6-5-11-10(4-3-7-15-11)13(12)17(20)21/h3-9,16H,1-2H3,(H,18,19). The summed E-state index contributed by atoms with van der Waals surface area (Å²) in [4.78, 5) is 25.9. The van der Waals surface area contributed by atoms with Gasteiger partial charge in [-0.25, -0.2) is 0 Å². The Morgan fingerprint density at radius 2 is 2.10 bits per heavy atom. The van der Waals surface area contributed by atoms with Crippen molar-refractivity contribution >= 4 is 28.2 Å². The number of benzene rings is 1. The van der Waals surface area contributed by atoms with Crippen LogP contribution in [0, 0.1) is 16.0 Å². The number of aliphatic carboxylic acids is 1. The van der Waals surface area contributed by atoms with E-state index in [9.17, 15) is 14.9 Å². The first kappa shape index (κ1) is 14.7. The summed E-state index contributed by atoms with van der Waals surface area (Å²) in [6.45, 7) is 3.23. The molecule has 2 aromatic rings. The number of nitrogens with zero attached hydrogens (tertiary/aromatic N) is 2. The minimum absolute atomic E-state index is 0.0926. The summed E-state index contributed by atoms with van der Waals surface area (Å²) in [5, 5.41) is 23.7. The molecule has 0 aliphatic carbocycles. The van der Waals surface area contributed by atoms with Gasteiger partial charge in [-0.3, -0.25) is 19.9 Å². The van der Waals surface area contributed by atoms with E-state index in [1.165, 1.54) is 0 Å². The molecule has 2 rings (SSSR count). The smallest absolute Gasteiger partial charge is 0.308 e. The lowest BCUT2D eigenvalue weighted by molar-refractivity contribution is -0.382. The molecule has 1 aromatic heterocycles. The molecule has 0 aliphatic rings. The third-order valence-electron chi connectivity index (χ3n) is 3.46. The number of pyridine rings is 1. The summed E-state index contributed by atoms with van der Waals surface area (Å²) < 4.78 is 0. The molecule has 0 amide bonds. The average Bonchev–Trinajstić information content (AvgIpc) is 2.45. The number of nitro groups is 1. The summed E-state index contributed by atoms with van der Waals surface area (Å²) in [6, 6.07) is 6.02. The van der Waals surface area contributed by atoms with E-state index in [4.69, 9.17) is 5.11 Å². The molecule has 21 heavy (non-hydrogen) atoms. The molecule has 0 aliphatic heterocycles. The third kappa shape index (κ3) is 2.91. The maximum absolute atomic E-state index is 11.3. The Labute approximate surface area is 120 Å². The number of carboxylic acids is 1. The van der Waals surface area contributed by atoms with Gasteiger partial charge in [-0.2, -0.15) is 0 Å². The lowest BCUT2D eigenvalue weighted by Gasteiger charge is -2.19. The van der Waals surface area contributed by atoms with Gasteiger partial charge >= 0.3 is 11.7 Å². The monoisotopic (exact) mass is 289 g/mol. The fraction of sp³-hybridized carbons (Fsp3) is 0.286. The first-order valence-electron chi connectivity index (χ1n) is 6.43. The Bertz CT molecular complexity index is 702.